The van der Waals surface area contributed by atoms with E-state index in [1.54, 1.807) is 18.3 Å². The lowest BCUT2D eigenvalue weighted by molar-refractivity contribution is 0.102. The van der Waals surface area contributed by atoms with Crippen LogP contribution in [0.15, 0.2) is 42.6 Å². The Morgan fingerprint density at radius 3 is 2.30 bits per heavy atom. The first-order chi connectivity index (χ1) is 9.54. The van der Waals surface area contributed by atoms with Gasteiger partial charge in [-0.05, 0) is 50.2 Å². The first kappa shape index (κ1) is 14.0. The molecule has 5 heteroatoms. The Morgan fingerprint density at radius 1 is 1.10 bits per heavy atom. The lowest BCUT2D eigenvalue weighted by Crippen LogP contribution is -2.14. The highest BCUT2D eigenvalue weighted by molar-refractivity contribution is 6.02. The molecule has 1 heterocycles. The Bertz CT molecular complexity index is 579. The number of rotatable bonds is 4. The van der Waals surface area contributed by atoms with E-state index in [-0.39, 0.29) is 11.7 Å². The summed E-state index contributed by atoms with van der Waals surface area (Å²) in [5.41, 5.74) is 1.70. The van der Waals surface area contributed by atoms with E-state index in [4.69, 9.17) is 0 Å². The molecule has 0 atom stereocenters. The third-order valence-corrected chi connectivity index (χ3v) is 2.55. The molecule has 2 aromatic rings. The third-order valence-electron chi connectivity index (χ3n) is 2.55. The summed E-state index contributed by atoms with van der Waals surface area (Å²) in [6.07, 6.45) is 1.61. The third kappa shape index (κ3) is 3.78. The van der Waals surface area contributed by atoms with Crippen LogP contribution in [0, 0.1) is 5.82 Å². The van der Waals surface area contributed by atoms with E-state index in [9.17, 15) is 9.18 Å². The molecule has 4 nitrogen and oxygen atoms in total. The van der Waals surface area contributed by atoms with Crippen molar-refractivity contribution in [2.45, 2.75) is 19.9 Å². The first-order valence-corrected chi connectivity index (χ1v) is 6.34. The fourth-order valence-corrected chi connectivity index (χ4v) is 1.68. The van der Waals surface area contributed by atoms with Gasteiger partial charge in [0.15, 0.2) is 0 Å². The molecule has 0 radical (unpaired) electrons. The maximum Gasteiger partial charge on any atom is 0.274 e. The van der Waals surface area contributed by atoms with Gasteiger partial charge in [-0.25, -0.2) is 9.37 Å². The van der Waals surface area contributed by atoms with E-state index in [0.717, 1.165) is 5.69 Å². The quantitative estimate of drug-likeness (QED) is 0.898. The number of anilines is 2. The zero-order chi connectivity index (χ0) is 14.5. The highest BCUT2D eigenvalue weighted by atomic mass is 19.1. The van der Waals surface area contributed by atoms with Gasteiger partial charge in [0.2, 0.25) is 0 Å². The van der Waals surface area contributed by atoms with Crippen LogP contribution in [0.25, 0.3) is 0 Å². The Morgan fingerprint density at radius 2 is 1.75 bits per heavy atom. The highest BCUT2D eigenvalue weighted by Crippen LogP contribution is 2.11. The van der Waals surface area contributed by atoms with Gasteiger partial charge in [-0.1, -0.05) is 0 Å². The fourth-order valence-electron chi connectivity index (χ4n) is 1.68. The summed E-state index contributed by atoms with van der Waals surface area (Å²) in [4.78, 5) is 16.0. The van der Waals surface area contributed by atoms with Gasteiger partial charge in [-0.15, -0.1) is 0 Å². The average Bonchev–Trinajstić information content (AvgIpc) is 2.41. The first-order valence-electron chi connectivity index (χ1n) is 6.34. The minimum Gasteiger partial charge on any atom is -0.382 e. The molecule has 2 N–H and O–H groups in total. The van der Waals surface area contributed by atoms with E-state index in [0.29, 0.717) is 17.4 Å². The second-order valence-electron chi connectivity index (χ2n) is 4.69. The average molecular weight is 273 g/mol. The molecule has 20 heavy (non-hydrogen) atoms. The normalized spacial score (nSPS) is 10.4. The van der Waals surface area contributed by atoms with Gasteiger partial charge in [-0.3, -0.25) is 4.79 Å². The SMILES string of the molecule is CC(C)Nc1ccc(C(=O)Nc2ccc(F)cc2)nc1. The largest absolute Gasteiger partial charge is 0.382 e. The van der Waals surface area contributed by atoms with Crippen molar-refractivity contribution in [1.29, 1.82) is 0 Å². The monoisotopic (exact) mass is 273 g/mol. The number of carbonyl (C=O) groups excluding carboxylic acids is 1. The van der Waals surface area contributed by atoms with Gasteiger partial charge in [0, 0.05) is 11.7 Å². The molecule has 0 aliphatic carbocycles. The number of aromatic nitrogens is 1. The Hall–Kier alpha value is -2.43. The summed E-state index contributed by atoms with van der Waals surface area (Å²) in [6, 6.07) is 9.33. The summed E-state index contributed by atoms with van der Waals surface area (Å²) in [6.45, 7) is 4.05. The van der Waals surface area contributed by atoms with Crippen molar-refractivity contribution < 1.29 is 9.18 Å². The van der Waals surface area contributed by atoms with Crippen LogP contribution in [0.1, 0.15) is 24.3 Å². The van der Waals surface area contributed by atoms with Gasteiger partial charge in [0.1, 0.15) is 11.5 Å². The maximum absolute atomic E-state index is 12.8. The van der Waals surface area contributed by atoms with Gasteiger partial charge in [0.25, 0.3) is 5.91 Å². The lowest BCUT2D eigenvalue weighted by atomic mass is 10.2. The van der Waals surface area contributed by atoms with Crippen LogP contribution in [0.4, 0.5) is 15.8 Å². The van der Waals surface area contributed by atoms with Crippen LogP contribution < -0.4 is 10.6 Å². The number of hydrogen-bond acceptors (Lipinski definition) is 3. The van der Waals surface area contributed by atoms with Crippen molar-refractivity contribution in [3.63, 3.8) is 0 Å². The Kier molecular flexibility index (Phi) is 4.30. The van der Waals surface area contributed by atoms with Crippen LogP contribution in [-0.4, -0.2) is 16.9 Å². The molecular weight excluding hydrogens is 257 g/mol. The van der Waals surface area contributed by atoms with Crippen LogP contribution in [-0.2, 0) is 0 Å². The second kappa shape index (κ2) is 6.14. The number of amides is 1. The Balaban J connectivity index is 2.03. The van der Waals surface area contributed by atoms with Gasteiger partial charge < -0.3 is 10.6 Å². The van der Waals surface area contributed by atoms with Crippen molar-refractivity contribution in [1.82, 2.24) is 4.98 Å². The molecule has 0 saturated carbocycles. The van der Waals surface area contributed by atoms with E-state index in [1.165, 1.54) is 24.3 Å². The van der Waals surface area contributed by atoms with Crippen molar-refractivity contribution in [2.75, 3.05) is 10.6 Å². The molecule has 1 aromatic carbocycles. The Labute approximate surface area is 117 Å². The number of nitrogens with zero attached hydrogens (tertiary/aromatic N) is 1. The summed E-state index contributed by atoms with van der Waals surface area (Å²) < 4.78 is 12.8. The van der Waals surface area contributed by atoms with Crippen LogP contribution in [0.2, 0.25) is 0 Å². The molecule has 0 aliphatic rings. The number of hydrogen-bond donors (Lipinski definition) is 2. The molecule has 0 aliphatic heterocycles. The van der Waals surface area contributed by atoms with Crippen LogP contribution in [0.3, 0.4) is 0 Å². The fraction of sp³-hybridized carbons (Fsp3) is 0.200. The molecule has 1 aromatic heterocycles. The van der Waals surface area contributed by atoms with Gasteiger partial charge >= 0.3 is 0 Å². The molecule has 0 saturated heterocycles. The topological polar surface area (TPSA) is 54.0 Å². The standard InChI is InChI=1S/C15H16FN3O/c1-10(2)18-13-7-8-14(17-9-13)15(20)19-12-5-3-11(16)4-6-12/h3-10,18H,1-2H3,(H,19,20). The summed E-state index contributed by atoms with van der Waals surface area (Å²) in [5.74, 6) is -0.669. The number of benzene rings is 1. The van der Waals surface area contributed by atoms with Gasteiger partial charge in [-0.2, -0.15) is 0 Å². The van der Waals surface area contributed by atoms with Crippen LogP contribution >= 0.6 is 0 Å². The van der Waals surface area contributed by atoms with E-state index < -0.39 is 0 Å². The molecule has 0 bridgehead atoms. The summed E-state index contributed by atoms with van der Waals surface area (Å²) in [5, 5.41) is 5.85. The van der Waals surface area contributed by atoms with Crippen molar-refractivity contribution in [3.8, 4) is 0 Å². The van der Waals surface area contributed by atoms with E-state index in [1.807, 2.05) is 13.8 Å². The van der Waals surface area contributed by atoms with Crippen molar-refractivity contribution >= 4 is 17.3 Å². The predicted octanol–water partition coefficient (Wildman–Crippen LogP) is 3.29. The summed E-state index contributed by atoms with van der Waals surface area (Å²) in [7, 11) is 0. The molecule has 2 rings (SSSR count). The molecule has 0 spiro atoms. The number of carbonyl (C=O) groups is 1. The van der Waals surface area contributed by atoms with E-state index >= 15 is 0 Å². The van der Waals surface area contributed by atoms with E-state index in [2.05, 4.69) is 15.6 Å². The minimum absolute atomic E-state index is 0.302. The zero-order valence-corrected chi connectivity index (χ0v) is 11.4. The predicted molar refractivity (Wildman–Crippen MR) is 77.3 cm³/mol. The molecule has 104 valence electrons. The summed E-state index contributed by atoms with van der Waals surface area (Å²) >= 11 is 0. The molecule has 1 amide bonds. The maximum atomic E-state index is 12.8. The van der Waals surface area contributed by atoms with Crippen molar-refractivity contribution in [3.05, 3.63) is 54.1 Å². The lowest BCUT2D eigenvalue weighted by Gasteiger charge is -2.10. The van der Waals surface area contributed by atoms with Crippen molar-refractivity contribution in [2.24, 2.45) is 0 Å². The van der Waals surface area contributed by atoms with Crippen LogP contribution in [0.5, 0.6) is 0 Å². The highest BCUT2D eigenvalue weighted by Gasteiger charge is 2.07. The number of pyridine rings is 1. The van der Waals surface area contributed by atoms with Gasteiger partial charge in [0.05, 0.1) is 11.9 Å². The minimum atomic E-state index is -0.342. The smallest absolute Gasteiger partial charge is 0.274 e. The number of halogens is 1. The number of nitrogens with one attached hydrogen (secondary N) is 2. The molecular formula is C15H16FN3O. The molecule has 0 fully saturated rings. The zero-order valence-electron chi connectivity index (χ0n) is 11.4. The second-order valence-corrected chi connectivity index (χ2v) is 4.69. The molecule has 0 unspecified atom stereocenters.